The normalized spacial score (nSPS) is 59.2. The summed E-state index contributed by atoms with van der Waals surface area (Å²) in [5, 5.41) is 13.4. The third kappa shape index (κ3) is 2.96. The summed E-state index contributed by atoms with van der Waals surface area (Å²) >= 11 is 0. The summed E-state index contributed by atoms with van der Waals surface area (Å²) in [6, 6.07) is 0. The van der Waals surface area contributed by atoms with E-state index in [2.05, 4.69) is 39.9 Å². The molecule has 5 saturated carbocycles. The first kappa shape index (κ1) is 24.8. The maximum atomic E-state index is 9.91. The van der Waals surface area contributed by atoms with E-state index in [1.807, 2.05) is 0 Å². The molecule has 2 spiro atoms. The van der Waals surface area contributed by atoms with Gasteiger partial charge in [0, 0.05) is 13.1 Å². The fourth-order valence-corrected chi connectivity index (χ4v) is 12.6. The fourth-order valence-electron chi connectivity index (χ4n) is 12.6. The molecule has 36 heavy (non-hydrogen) atoms. The number of hydrogen-bond acceptors (Lipinski definition) is 5. The third-order valence-corrected chi connectivity index (χ3v) is 14.1. The lowest BCUT2D eigenvalue weighted by molar-refractivity contribution is -0.235. The first-order chi connectivity index (χ1) is 17.1. The average Bonchev–Trinajstić information content (AvgIpc) is 3.45. The van der Waals surface area contributed by atoms with Crippen LogP contribution in [-0.4, -0.2) is 56.0 Å². The van der Waals surface area contributed by atoms with E-state index >= 15 is 0 Å². The van der Waals surface area contributed by atoms with E-state index in [1.54, 1.807) is 0 Å². The Labute approximate surface area is 218 Å². The quantitative estimate of drug-likeness (QED) is 0.560. The standard InChI is InChI=1S/C31H51NO4/c1-19-14-20(17-33)35-21-15-29(5)23-7-6-22-27(2,3)24(36-25-16-32-12-13-34-25)8-9-30(22)18-31(23,30)11-10-28(29,4)26(19)21/h19-26,32-33H,6-18H2,1-5H3/t19-,20?,21?,22?,23+,24+,25?,26?,28-,29+,30-,31+/m1/s1. The minimum Gasteiger partial charge on any atom is -0.394 e. The zero-order valence-corrected chi connectivity index (χ0v) is 23.5. The number of fused-ring (bicyclic) bond motifs is 4. The van der Waals surface area contributed by atoms with Gasteiger partial charge in [0.2, 0.25) is 0 Å². The maximum absolute atomic E-state index is 9.91. The summed E-state index contributed by atoms with van der Waals surface area (Å²) in [6.45, 7) is 15.5. The van der Waals surface area contributed by atoms with Crippen LogP contribution in [0.2, 0.25) is 0 Å². The van der Waals surface area contributed by atoms with Gasteiger partial charge in [0.1, 0.15) is 0 Å². The van der Waals surface area contributed by atoms with Gasteiger partial charge in [-0.2, -0.15) is 0 Å². The third-order valence-electron chi connectivity index (χ3n) is 14.1. The molecule has 0 aromatic rings. The molecule has 7 rings (SSSR count). The van der Waals surface area contributed by atoms with E-state index in [0.717, 1.165) is 38.0 Å². The Balaban J connectivity index is 1.16. The zero-order chi connectivity index (χ0) is 25.1. The molecule has 12 atom stereocenters. The second-order valence-corrected chi connectivity index (χ2v) is 15.4. The highest BCUT2D eigenvalue weighted by Crippen LogP contribution is 2.89. The van der Waals surface area contributed by atoms with Gasteiger partial charge >= 0.3 is 0 Å². The number of hydrogen-bond donors (Lipinski definition) is 2. The molecule has 0 radical (unpaired) electrons. The van der Waals surface area contributed by atoms with E-state index in [9.17, 15) is 5.11 Å². The lowest BCUT2D eigenvalue weighted by Gasteiger charge is -2.63. The van der Waals surface area contributed by atoms with E-state index in [0.29, 0.717) is 45.7 Å². The van der Waals surface area contributed by atoms with Crippen molar-refractivity contribution in [1.82, 2.24) is 5.32 Å². The highest BCUT2D eigenvalue weighted by molar-refractivity contribution is 5.31. The molecule has 2 heterocycles. The summed E-state index contributed by atoms with van der Waals surface area (Å²) in [5.74, 6) is 2.89. The molecular formula is C31H51NO4. The monoisotopic (exact) mass is 501 g/mol. The number of nitrogens with one attached hydrogen (secondary N) is 1. The molecule has 7 aliphatic rings. The summed E-state index contributed by atoms with van der Waals surface area (Å²) in [4.78, 5) is 0. The Morgan fingerprint density at radius 3 is 2.50 bits per heavy atom. The molecule has 0 aromatic carbocycles. The number of rotatable bonds is 3. The molecule has 5 nitrogen and oxygen atoms in total. The van der Waals surface area contributed by atoms with Gasteiger partial charge < -0.3 is 24.6 Å². The van der Waals surface area contributed by atoms with Gasteiger partial charge in [-0.25, -0.2) is 0 Å². The molecule has 0 aromatic heterocycles. The first-order valence-electron chi connectivity index (χ1n) is 15.4. The second-order valence-electron chi connectivity index (χ2n) is 15.4. The molecule has 2 saturated heterocycles. The number of aliphatic hydroxyl groups excluding tert-OH is 1. The van der Waals surface area contributed by atoms with Crippen molar-refractivity contribution in [3.05, 3.63) is 0 Å². The lowest BCUT2D eigenvalue weighted by atomic mass is 9.41. The van der Waals surface area contributed by atoms with E-state index in [1.165, 1.54) is 51.4 Å². The van der Waals surface area contributed by atoms with Crippen LogP contribution < -0.4 is 5.32 Å². The van der Waals surface area contributed by atoms with Crippen LogP contribution in [0.1, 0.15) is 92.4 Å². The van der Waals surface area contributed by atoms with Crippen LogP contribution in [0.15, 0.2) is 0 Å². The Morgan fingerprint density at radius 1 is 0.972 bits per heavy atom. The molecule has 7 fully saturated rings. The molecule has 2 aliphatic heterocycles. The predicted molar refractivity (Wildman–Crippen MR) is 139 cm³/mol. The van der Waals surface area contributed by atoms with E-state index in [4.69, 9.17) is 14.2 Å². The summed E-state index contributed by atoms with van der Waals surface area (Å²) in [5.41, 5.74) is 1.99. The van der Waals surface area contributed by atoms with Crippen molar-refractivity contribution < 1.29 is 19.3 Å². The van der Waals surface area contributed by atoms with Gasteiger partial charge in [-0.3, -0.25) is 0 Å². The minimum absolute atomic E-state index is 0.0463. The van der Waals surface area contributed by atoms with Gasteiger partial charge in [0.25, 0.3) is 0 Å². The molecule has 5 unspecified atom stereocenters. The number of aliphatic hydroxyl groups is 1. The molecule has 0 amide bonds. The maximum Gasteiger partial charge on any atom is 0.170 e. The molecule has 5 aliphatic carbocycles. The van der Waals surface area contributed by atoms with Crippen LogP contribution in [0, 0.1) is 50.7 Å². The van der Waals surface area contributed by atoms with Crippen LogP contribution in [0.4, 0.5) is 0 Å². The van der Waals surface area contributed by atoms with Crippen molar-refractivity contribution in [3.8, 4) is 0 Å². The van der Waals surface area contributed by atoms with E-state index in [-0.39, 0.29) is 24.4 Å². The van der Waals surface area contributed by atoms with Crippen molar-refractivity contribution in [2.75, 3.05) is 26.3 Å². The van der Waals surface area contributed by atoms with Crippen LogP contribution in [0.5, 0.6) is 0 Å². The van der Waals surface area contributed by atoms with Crippen molar-refractivity contribution in [2.24, 2.45) is 50.7 Å². The number of ether oxygens (including phenoxy) is 3. The van der Waals surface area contributed by atoms with Crippen LogP contribution in [-0.2, 0) is 14.2 Å². The summed E-state index contributed by atoms with van der Waals surface area (Å²) in [7, 11) is 0. The van der Waals surface area contributed by atoms with Gasteiger partial charge in [0.15, 0.2) is 6.29 Å². The topological polar surface area (TPSA) is 60.0 Å². The second kappa shape index (κ2) is 7.93. The van der Waals surface area contributed by atoms with Crippen LogP contribution in [0.3, 0.4) is 0 Å². The van der Waals surface area contributed by atoms with Crippen LogP contribution >= 0.6 is 0 Å². The van der Waals surface area contributed by atoms with Crippen molar-refractivity contribution >= 4 is 0 Å². The van der Waals surface area contributed by atoms with Gasteiger partial charge in [-0.15, -0.1) is 0 Å². The lowest BCUT2D eigenvalue weighted by Crippen LogP contribution is -2.58. The Hall–Kier alpha value is -0.200. The fraction of sp³-hybridized carbons (Fsp3) is 1.00. The Morgan fingerprint density at radius 2 is 1.75 bits per heavy atom. The van der Waals surface area contributed by atoms with E-state index < -0.39 is 0 Å². The summed E-state index contributed by atoms with van der Waals surface area (Å²) < 4.78 is 19.3. The van der Waals surface area contributed by atoms with Crippen LogP contribution in [0.25, 0.3) is 0 Å². The highest BCUT2D eigenvalue weighted by Gasteiger charge is 2.83. The molecule has 5 heteroatoms. The first-order valence-corrected chi connectivity index (χ1v) is 15.4. The Kier molecular flexibility index (Phi) is 5.47. The predicted octanol–water partition coefficient (Wildman–Crippen LogP) is 5.15. The zero-order valence-electron chi connectivity index (χ0n) is 23.5. The average molecular weight is 502 g/mol. The minimum atomic E-state index is -0.0811. The van der Waals surface area contributed by atoms with Crippen molar-refractivity contribution in [2.45, 2.75) is 117 Å². The summed E-state index contributed by atoms with van der Waals surface area (Å²) in [6.07, 6.45) is 12.4. The molecule has 204 valence electrons. The molecular weight excluding hydrogens is 450 g/mol. The SMILES string of the molecule is C[C@@H]1CC(CO)OC2C[C@@]3(C)[C@@H]4CCC5C(C)(C)[C@@H](OC6CNCCO6)CC[C@@]56C[C@@]46CC[C@]3(C)C21. The van der Waals surface area contributed by atoms with Gasteiger partial charge in [-0.1, -0.05) is 34.6 Å². The van der Waals surface area contributed by atoms with Crippen molar-refractivity contribution in [3.63, 3.8) is 0 Å². The van der Waals surface area contributed by atoms with Gasteiger partial charge in [-0.05, 0) is 109 Å². The molecule has 2 N–H and O–H groups in total. The Bertz CT molecular complexity index is 888. The largest absolute Gasteiger partial charge is 0.394 e. The van der Waals surface area contributed by atoms with Crippen molar-refractivity contribution in [1.29, 1.82) is 0 Å². The highest BCUT2D eigenvalue weighted by atomic mass is 16.7. The molecule has 0 bridgehead atoms. The van der Waals surface area contributed by atoms with Gasteiger partial charge in [0.05, 0.1) is 31.5 Å². The number of morpholine rings is 1. The smallest absolute Gasteiger partial charge is 0.170 e.